The van der Waals surface area contributed by atoms with Crippen LogP contribution >= 0.6 is 0 Å². The van der Waals surface area contributed by atoms with Gasteiger partial charge in [0.15, 0.2) is 0 Å². The van der Waals surface area contributed by atoms with E-state index in [4.69, 9.17) is 6.58 Å². The number of benzene rings is 3. The second-order valence-corrected chi connectivity index (χ2v) is 15.5. The molecule has 0 saturated heterocycles. The summed E-state index contributed by atoms with van der Waals surface area (Å²) >= 11 is 0. The highest BCUT2D eigenvalue weighted by atomic mass is 28.2. The van der Waals surface area contributed by atoms with E-state index in [9.17, 15) is 0 Å². The van der Waals surface area contributed by atoms with Crippen LogP contribution in [0.1, 0.15) is 52.9 Å². The van der Waals surface area contributed by atoms with Gasteiger partial charge in [-0.25, -0.2) is 0 Å². The third kappa shape index (κ3) is 6.75. The summed E-state index contributed by atoms with van der Waals surface area (Å²) in [5.41, 5.74) is 8.00. The van der Waals surface area contributed by atoms with Crippen LogP contribution in [0.3, 0.4) is 0 Å². The lowest BCUT2D eigenvalue weighted by molar-refractivity contribution is 0.348. The molecule has 0 aromatic heterocycles. The van der Waals surface area contributed by atoms with Crippen molar-refractivity contribution in [3.63, 3.8) is 0 Å². The van der Waals surface area contributed by atoms with Gasteiger partial charge < -0.3 is 14.7 Å². The van der Waals surface area contributed by atoms with Crippen LogP contribution in [0.2, 0.25) is 0 Å². The second kappa shape index (κ2) is 14.6. The highest BCUT2D eigenvalue weighted by Crippen LogP contribution is 2.47. The maximum absolute atomic E-state index is 4.77. The Balaban J connectivity index is 1.45. The Hall–Kier alpha value is -4.28. The van der Waals surface area contributed by atoms with Crippen LogP contribution in [-0.2, 0) is 0 Å². The molecule has 0 fully saturated rings. The molecule has 3 unspecified atom stereocenters. The summed E-state index contributed by atoms with van der Waals surface area (Å²) in [4.78, 5) is 7.77. The number of para-hydroxylation sites is 2. The minimum atomic E-state index is -0.727. The zero-order valence-electron chi connectivity index (χ0n) is 28.6. The van der Waals surface area contributed by atoms with Crippen LogP contribution in [0.4, 0.5) is 22.7 Å². The van der Waals surface area contributed by atoms with Crippen LogP contribution in [0, 0.1) is 5.92 Å². The van der Waals surface area contributed by atoms with Crippen molar-refractivity contribution in [1.82, 2.24) is 0 Å². The summed E-state index contributed by atoms with van der Waals surface area (Å²) in [5, 5.41) is 3.25. The van der Waals surface area contributed by atoms with Crippen LogP contribution in [0.15, 0.2) is 151 Å². The Bertz CT molecular complexity index is 1680. The molecule has 0 spiro atoms. The van der Waals surface area contributed by atoms with Crippen molar-refractivity contribution in [2.24, 2.45) is 5.92 Å². The molecule has 6 rings (SSSR count). The van der Waals surface area contributed by atoms with Crippen molar-refractivity contribution >= 4 is 37.5 Å². The van der Waals surface area contributed by atoms with Crippen molar-refractivity contribution in [2.45, 2.75) is 64.5 Å². The van der Waals surface area contributed by atoms with Crippen molar-refractivity contribution < 1.29 is 0 Å². The molecule has 3 aliphatic rings. The molecule has 3 aromatic carbocycles. The zero-order chi connectivity index (χ0) is 32.8. The molecule has 0 bridgehead atoms. The number of allylic oxidation sites excluding steroid dienone is 5. The van der Waals surface area contributed by atoms with Gasteiger partial charge in [-0.15, -0.1) is 6.58 Å². The monoisotopic (exact) mass is 637 g/mol. The Labute approximate surface area is 285 Å². The number of rotatable bonds is 11. The number of nitrogens with zero attached hydrogens (tertiary/aromatic N) is 3. The van der Waals surface area contributed by atoms with Crippen molar-refractivity contribution in [3.8, 4) is 0 Å². The normalized spacial score (nSPS) is 23.0. The smallest absolute Gasteiger partial charge is 0.0876 e. The molecule has 4 heteroatoms. The van der Waals surface area contributed by atoms with Gasteiger partial charge in [0.25, 0.3) is 0 Å². The Morgan fingerprint density at radius 1 is 0.957 bits per heavy atom. The second-order valence-electron chi connectivity index (χ2n) is 13.5. The number of hydrogen-bond acceptors (Lipinski definition) is 3. The minimum Gasteiger partial charge on any atom is -0.361 e. The Kier molecular flexibility index (Phi) is 10.2. The average Bonchev–Trinajstić information content (AvgIpc) is 3.10. The van der Waals surface area contributed by atoms with E-state index < -0.39 is 9.52 Å². The lowest BCUT2D eigenvalue weighted by Gasteiger charge is -2.53. The first-order valence-electron chi connectivity index (χ1n) is 17.5. The molecule has 0 saturated carbocycles. The molecular weight excluding hydrogens is 587 g/mol. The fourth-order valence-corrected chi connectivity index (χ4v) is 10.2. The first-order valence-corrected chi connectivity index (χ1v) is 18.9. The van der Waals surface area contributed by atoms with Gasteiger partial charge in [0.05, 0.1) is 21.1 Å². The first kappa shape index (κ1) is 32.6. The van der Waals surface area contributed by atoms with E-state index in [1.54, 1.807) is 16.1 Å². The highest BCUT2D eigenvalue weighted by molar-refractivity contribution is 6.64. The lowest BCUT2D eigenvalue weighted by atomic mass is 9.77. The van der Waals surface area contributed by atoms with Gasteiger partial charge in [-0.05, 0) is 91.7 Å². The molecule has 0 N–H and O–H groups in total. The van der Waals surface area contributed by atoms with E-state index in [-0.39, 0.29) is 11.6 Å². The van der Waals surface area contributed by atoms with E-state index in [0.717, 1.165) is 38.8 Å². The van der Waals surface area contributed by atoms with Gasteiger partial charge >= 0.3 is 0 Å². The van der Waals surface area contributed by atoms with Gasteiger partial charge in [0.2, 0.25) is 0 Å². The number of anilines is 4. The quantitative estimate of drug-likeness (QED) is 0.118. The molecule has 3 nitrogen and oxygen atoms in total. The summed E-state index contributed by atoms with van der Waals surface area (Å²) in [7, 11) is -0.727. The average molecular weight is 638 g/mol. The minimum absolute atomic E-state index is 0.0228. The molecule has 2 aliphatic carbocycles. The van der Waals surface area contributed by atoms with E-state index in [1.165, 1.54) is 34.7 Å². The van der Waals surface area contributed by atoms with Gasteiger partial charge in [-0.3, -0.25) is 0 Å². The maximum Gasteiger partial charge on any atom is 0.0876 e. The molecular formula is C43H51N3Si. The van der Waals surface area contributed by atoms with Crippen LogP contribution in [0.5, 0.6) is 0 Å². The van der Waals surface area contributed by atoms with E-state index in [1.807, 2.05) is 6.08 Å². The highest BCUT2D eigenvalue weighted by Gasteiger charge is 2.44. The first-order chi connectivity index (χ1) is 23.0. The predicted molar refractivity (Wildman–Crippen MR) is 208 cm³/mol. The Morgan fingerprint density at radius 2 is 1.70 bits per heavy atom. The molecule has 3 aromatic rings. The molecule has 242 valence electrons. The summed E-state index contributed by atoms with van der Waals surface area (Å²) < 4.78 is 0. The standard InChI is InChI=1S/C43H51N3Si/c1-6-9-10-17-28-44(35-20-13-11-14-21-35)37-24-25-38-41(30-37)47-42-31-39(45(27-7-2)36-22-15-12-16-23-36)34(5)29-40(42)46(38)43(8-3)26-18-19-33(4)32-43/h6-7,9-18,20-26,30,33,39H,2,5,8,19,27-29,31-32,47H2,1,3-4H3. The summed E-state index contributed by atoms with van der Waals surface area (Å²) in [6.45, 7) is 17.4. The van der Waals surface area contributed by atoms with Crippen LogP contribution in [0.25, 0.3) is 0 Å². The van der Waals surface area contributed by atoms with Gasteiger partial charge in [-0.1, -0.05) is 105 Å². The van der Waals surface area contributed by atoms with E-state index in [2.05, 4.69) is 157 Å². The van der Waals surface area contributed by atoms with E-state index >= 15 is 0 Å². The van der Waals surface area contributed by atoms with Gasteiger partial charge in [0, 0.05) is 48.0 Å². The summed E-state index contributed by atoms with van der Waals surface area (Å²) in [6.07, 6.45) is 21.0. The third-order valence-electron chi connectivity index (χ3n) is 10.3. The molecule has 0 amide bonds. The predicted octanol–water partition coefficient (Wildman–Crippen LogP) is 9.33. The number of fused-ring (bicyclic) bond motifs is 1. The molecule has 3 atom stereocenters. The van der Waals surface area contributed by atoms with E-state index in [0.29, 0.717) is 5.92 Å². The molecule has 1 aliphatic heterocycles. The molecule has 0 radical (unpaired) electrons. The molecule has 47 heavy (non-hydrogen) atoms. The van der Waals surface area contributed by atoms with Crippen molar-refractivity contribution in [3.05, 3.63) is 151 Å². The topological polar surface area (TPSA) is 9.72 Å². The largest absolute Gasteiger partial charge is 0.361 e. The zero-order valence-corrected chi connectivity index (χ0v) is 30.0. The lowest BCUT2D eigenvalue weighted by Crippen LogP contribution is -2.55. The fraction of sp³-hybridized carbons (Fsp3) is 0.302. The van der Waals surface area contributed by atoms with Gasteiger partial charge in [-0.2, -0.15) is 0 Å². The summed E-state index contributed by atoms with van der Waals surface area (Å²) in [6, 6.07) is 29.3. The van der Waals surface area contributed by atoms with Crippen molar-refractivity contribution in [2.75, 3.05) is 27.8 Å². The number of hydrogen-bond donors (Lipinski definition) is 0. The fourth-order valence-electron chi connectivity index (χ4n) is 8.03. The summed E-state index contributed by atoms with van der Waals surface area (Å²) in [5.74, 6) is 0.657. The van der Waals surface area contributed by atoms with Crippen LogP contribution in [-0.4, -0.2) is 34.2 Å². The third-order valence-corrected chi connectivity index (χ3v) is 12.4. The maximum atomic E-state index is 4.77. The van der Waals surface area contributed by atoms with Gasteiger partial charge in [0.1, 0.15) is 0 Å². The SMILES string of the molecule is C=CCN(c1ccccc1)C1CC2=C(CC1=C)N(C1(CC)C=CCC(C)C1)c1ccc(N(CC=CC=CC)c3ccccc3)cc1[SiH2]2. The molecule has 1 heterocycles. The van der Waals surface area contributed by atoms with Crippen molar-refractivity contribution in [1.29, 1.82) is 0 Å². The Morgan fingerprint density at radius 3 is 2.38 bits per heavy atom. The van der Waals surface area contributed by atoms with Crippen LogP contribution < -0.4 is 19.9 Å².